The van der Waals surface area contributed by atoms with Crippen LogP contribution in [-0.4, -0.2) is 62.5 Å². The highest BCUT2D eigenvalue weighted by molar-refractivity contribution is 5.63. The van der Waals surface area contributed by atoms with E-state index in [-0.39, 0.29) is 29.7 Å². The number of alkyl halides is 1. The smallest absolute Gasteiger partial charge is 0.125 e. The van der Waals surface area contributed by atoms with E-state index < -0.39 is 11.8 Å². The summed E-state index contributed by atoms with van der Waals surface area (Å²) in [4.78, 5) is 10.6. The molecule has 1 saturated heterocycles. The molecule has 0 amide bonds. The zero-order valence-electron chi connectivity index (χ0n) is 21.6. The first-order valence-corrected chi connectivity index (χ1v) is 13.4. The summed E-state index contributed by atoms with van der Waals surface area (Å²) in [6.07, 6.45) is 7.30. The van der Waals surface area contributed by atoms with Crippen molar-refractivity contribution >= 4 is 5.57 Å². The number of nitrogens with one attached hydrogen (secondary N) is 3. The van der Waals surface area contributed by atoms with Crippen molar-refractivity contribution in [3.05, 3.63) is 53.1 Å². The highest BCUT2D eigenvalue weighted by Gasteiger charge is 2.48. The third-order valence-electron chi connectivity index (χ3n) is 8.31. The first-order valence-electron chi connectivity index (χ1n) is 13.4. The lowest BCUT2D eigenvalue weighted by Crippen LogP contribution is -2.45. The third-order valence-corrected chi connectivity index (χ3v) is 8.31. The van der Waals surface area contributed by atoms with Crippen LogP contribution in [0.4, 0.5) is 4.39 Å². The van der Waals surface area contributed by atoms with E-state index in [0.717, 1.165) is 74.4 Å². The van der Waals surface area contributed by atoms with Gasteiger partial charge in [0.2, 0.25) is 0 Å². The number of aliphatic hydroxyl groups is 1. The first kappa shape index (κ1) is 25.4. The molecule has 0 radical (unpaired) electrons. The lowest BCUT2D eigenvalue weighted by Gasteiger charge is -2.36. The number of hydrogen-bond donors (Lipinski definition) is 5. The summed E-state index contributed by atoms with van der Waals surface area (Å²) in [5.74, 6) is 1.05. The Kier molecular flexibility index (Phi) is 7.23. The Bertz CT molecular complexity index is 1090. The van der Waals surface area contributed by atoms with E-state index in [1.165, 1.54) is 5.57 Å². The maximum atomic E-state index is 15.8. The lowest BCUT2D eigenvalue weighted by atomic mass is 9.71. The van der Waals surface area contributed by atoms with E-state index in [2.05, 4.69) is 26.8 Å². The Hall–Kier alpha value is -2.26. The van der Waals surface area contributed by atoms with Crippen LogP contribution in [0.3, 0.4) is 0 Å². The second-order valence-corrected chi connectivity index (χ2v) is 11.3. The zero-order valence-corrected chi connectivity index (χ0v) is 21.6. The standard InChI is InChI=1S/C28H40FN5O2/c1-4-17-15-19(35)5-6-20(17)21-7-8-22-25(24(21)29)32-33-26(22)27-30-16-23(31-27)18-9-12-34(13-10-18)14-11-28(2,3)36/h5-6,9,15-16,21-22,24-26,32-33,35-36H,4,7-8,10-14H2,1-3H3,(H,30,31). The van der Waals surface area contributed by atoms with E-state index >= 15 is 4.39 Å². The van der Waals surface area contributed by atoms with Crippen LogP contribution >= 0.6 is 0 Å². The maximum absolute atomic E-state index is 15.8. The van der Waals surface area contributed by atoms with Gasteiger partial charge in [0.25, 0.3) is 0 Å². The summed E-state index contributed by atoms with van der Waals surface area (Å²) in [5.41, 5.74) is 10.3. The number of phenols is 1. The Morgan fingerprint density at radius 3 is 2.78 bits per heavy atom. The van der Waals surface area contributed by atoms with Crippen molar-refractivity contribution in [2.75, 3.05) is 19.6 Å². The average Bonchev–Trinajstić information content (AvgIpc) is 3.51. The SMILES string of the molecule is CCc1cc(O)ccc1C1CCC2C(c3ncc(C4=CCN(CCC(C)(C)O)CC4)[nH]3)NNC2C1F. The fourth-order valence-corrected chi connectivity index (χ4v) is 6.16. The minimum absolute atomic E-state index is 0.0547. The number of aromatic nitrogens is 2. The second kappa shape index (κ2) is 10.2. The van der Waals surface area contributed by atoms with Gasteiger partial charge in [-0.2, -0.15) is 0 Å². The maximum Gasteiger partial charge on any atom is 0.125 e. The molecule has 0 spiro atoms. The number of phenolic OH excluding ortho intramolecular Hbond substituents is 1. The molecule has 1 aromatic heterocycles. The number of hydrazine groups is 1. The average molecular weight is 498 g/mol. The van der Waals surface area contributed by atoms with Crippen LogP contribution < -0.4 is 10.9 Å². The molecule has 3 aliphatic rings. The molecule has 0 bridgehead atoms. The first-order chi connectivity index (χ1) is 17.2. The van der Waals surface area contributed by atoms with Gasteiger partial charge >= 0.3 is 0 Å². The number of hydrogen-bond acceptors (Lipinski definition) is 6. The predicted molar refractivity (Wildman–Crippen MR) is 139 cm³/mol. The molecule has 3 heterocycles. The molecule has 1 aliphatic carbocycles. The summed E-state index contributed by atoms with van der Waals surface area (Å²) in [6.45, 7) is 8.48. The molecule has 5 unspecified atom stereocenters. The molecule has 5 rings (SSSR count). The molecule has 196 valence electrons. The molecule has 8 heteroatoms. The minimum atomic E-state index is -1.01. The third kappa shape index (κ3) is 5.23. The number of aryl methyl sites for hydroxylation is 1. The molecule has 1 aromatic carbocycles. The summed E-state index contributed by atoms with van der Waals surface area (Å²) in [7, 11) is 0. The van der Waals surface area contributed by atoms with E-state index in [0.29, 0.717) is 0 Å². The molecule has 2 aliphatic heterocycles. The van der Waals surface area contributed by atoms with Crippen molar-refractivity contribution < 1.29 is 14.6 Å². The van der Waals surface area contributed by atoms with Crippen LogP contribution in [0.5, 0.6) is 5.75 Å². The Labute approximate surface area is 213 Å². The fraction of sp³-hybridized carbons (Fsp3) is 0.607. The lowest BCUT2D eigenvalue weighted by molar-refractivity contribution is 0.0590. The van der Waals surface area contributed by atoms with Crippen molar-refractivity contribution in [1.82, 2.24) is 25.7 Å². The molecule has 5 N–H and O–H groups in total. The van der Waals surface area contributed by atoms with Gasteiger partial charge in [0.05, 0.1) is 29.6 Å². The second-order valence-electron chi connectivity index (χ2n) is 11.3. The van der Waals surface area contributed by atoms with Crippen molar-refractivity contribution in [1.29, 1.82) is 0 Å². The summed E-state index contributed by atoms with van der Waals surface area (Å²) in [5, 5.41) is 19.9. The van der Waals surface area contributed by atoms with E-state index in [1.54, 1.807) is 12.1 Å². The predicted octanol–water partition coefficient (Wildman–Crippen LogP) is 3.98. The van der Waals surface area contributed by atoms with Gasteiger partial charge < -0.3 is 15.2 Å². The Morgan fingerprint density at radius 1 is 1.22 bits per heavy atom. The molecular formula is C28H40FN5O2. The van der Waals surface area contributed by atoms with Crippen molar-refractivity contribution in [2.45, 2.75) is 82.6 Å². The number of aromatic hydroxyl groups is 1. The van der Waals surface area contributed by atoms with Gasteiger partial charge in [0.15, 0.2) is 0 Å². The highest BCUT2D eigenvalue weighted by atomic mass is 19.1. The van der Waals surface area contributed by atoms with Crippen LogP contribution in [0, 0.1) is 5.92 Å². The number of fused-ring (bicyclic) bond motifs is 1. The van der Waals surface area contributed by atoms with Gasteiger partial charge in [-0.3, -0.25) is 10.3 Å². The van der Waals surface area contributed by atoms with E-state index in [9.17, 15) is 10.2 Å². The summed E-state index contributed by atoms with van der Waals surface area (Å²) < 4.78 is 15.8. The van der Waals surface area contributed by atoms with Crippen LogP contribution in [-0.2, 0) is 6.42 Å². The highest BCUT2D eigenvalue weighted by Crippen LogP contribution is 2.45. The van der Waals surface area contributed by atoms with Crippen LogP contribution in [0.25, 0.3) is 5.57 Å². The Morgan fingerprint density at radius 2 is 2.06 bits per heavy atom. The molecule has 1 saturated carbocycles. The number of benzene rings is 1. The molecule has 36 heavy (non-hydrogen) atoms. The van der Waals surface area contributed by atoms with Crippen molar-refractivity contribution in [2.24, 2.45) is 5.92 Å². The number of nitrogens with zero attached hydrogens (tertiary/aromatic N) is 2. The summed E-state index contributed by atoms with van der Waals surface area (Å²) >= 11 is 0. The number of aromatic amines is 1. The van der Waals surface area contributed by atoms with Gasteiger partial charge in [-0.25, -0.2) is 14.8 Å². The molecule has 2 fully saturated rings. The quantitative estimate of drug-likeness (QED) is 0.397. The van der Waals surface area contributed by atoms with Gasteiger partial charge in [-0.05, 0) is 74.8 Å². The molecule has 7 nitrogen and oxygen atoms in total. The van der Waals surface area contributed by atoms with Gasteiger partial charge in [0.1, 0.15) is 17.7 Å². The van der Waals surface area contributed by atoms with E-state index in [1.807, 2.05) is 33.0 Å². The molecule has 5 atom stereocenters. The van der Waals surface area contributed by atoms with Crippen molar-refractivity contribution in [3.63, 3.8) is 0 Å². The number of imidazole rings is 1. The van der Waals surface area contributed by atoms with Crippen LogP contribution in [0.1, 0.15) is 81.1 Å². The topological polar surface area (TPSA) is 96.4 Å². The Balaban J connectivity index is 1.24. The largest absolute Gasteiger partial charge is 0.508 e. The normalized spacial score (nSPS) is 29.2. The molecule has 2 aromatic rings. The summed E-state index contributed by atoms with van der Waals surface area (Å²) in [6, 6.07) is 5.01. The number of H-pyrrole nitrogens is 1. The molecular weight excluding hydrogens is 457 g/mol. The van der Waals surface area contributed by atoms with Crippen LogP contribution in [0.2, 0.25) is 0 Å². The van der Waals surface area contributed by atoms with E-state index in [4.69, 9.17) is 4.98 Å². The van der Waals surface area contributed by atoms with Crippen molar-refractivity contribution in [3.8, 4) is 5.75 Å². The zero-order chi connectivity index (χ0) is 25.4. The van der Waals surface area contributed by atoms with Crippen LogP contribution in [0.15, 0.2) is 30.5 Å². The minimum Gasteiger partial charge on any atom is -0.508 e. The monoisotopic (exact) mass is 497 g/mol. The fourth-order valence-electron chi connectivity index (χ4n) is 6.16. The van der Waals surface area contributed by atoms with Gasteiger partial charge in [-0.15, -0.1) is 0 Å². The number of rotatable bonds is 7. The van der Waals surface area contributed by atoms with Gasteiger partial charge in [-0.1, -0.05) is 19.1 Å². The number of halogens is 1. The van der Waals surface area contributed by atoms with Gasteiger partial charge in [0, 0.05) is 31.5 Å².